The Morgan fingerprint density at radius 2 is 1.96 bits per heavy atom. The highest BCUT2D eigenvalue weighted by Crippen LogP contribution is 2.12. The molecule has 0 radical (unpaired) electrons. The molecular formula is C19H23N5O. The lowest BCUT2D eigenvalue weighted by molar-refractivity contribution is -0.120. The fourth-order valence-corrected chi connectivity index (χ4v) is 2.94. The molecule has 0 fully saturated rings. The van der Waals surface area contributed by atoms with Crippen LogP contribution in [0.5, 0.6) is 0 Å². The first kappa shape index (κ1) is 17.0. The van der Waals surface area contributed by atoms with E-state index in [9.17, 15) is 4.79 Å². The zero-order chi connectivity index (χ0) is 17.8. The van der Waals surface area contributed by atoms with Crippen LogP contribution in [0.15, 0.2) is 42.7 Å². The number of hydrogen-bond acceptors (Lipinski definition) is 3. The van der Waals surface area contributed by atoms with Gasteiger partial charge in [0, 0.05) is 31.7 Å². The van der Waals surface area contributed by atoms with Crippen LogP contribution in [-0.2, 0) is 24.7 Å². The molecule has 3 aromatic rings. The van der Waals surface area contributed by atoms with Gasteiger partial charge in [0.15, 0.2) is 0 Å². The second kappa shape index (κ2) is 7.34. The molecule has 0 atom stereocenters. The fourth-order valence-electron chi connectivity index (χ4n) is 2.94. The number of carbonyl (C=O) groups excluding carboxylic acids is 1. The van der Waals surface area contributed by atoms with Crippen molar-refractivity contribution in [3.8, 4) is 5.69 Å². The molecular weight excluding hydrogens is 314 g/mol. The first-order chi connectivity index (χ1) is 12.0. The molecule has 6 nitrogen and oxygen atoms in total. The summed E-state index contributed by atoms with van der Waals surface area (Å²) in [5.74, 6) is 0.0334. The summed E-state index contributed by atoms with van der Waals surface area (Å²) >= 11 is 0. The first-order valence-corrected chi connectivity index (χ1v) is 8.39. The smallest absolute Gasteiger partial charge is 0.224 e. The van der Waals surface area contributed by atoms with Gasteiger partial charge in [0.05, 0.1) is 17.8 Å². The highest BCUT2D eigenvalue weighted by atomic mass is 16.1. The lowest BCUT2D eigenvalue weighted by atomic mass is 10.1. The maximum atomic E-state index is 12.1. The molecule has 2 aromatic heterocycles. The van der Waals surface area contributed by atoms with E-state index in [1.807, 2.05) is 55.2 Å². The van der Waals surface area contributed by atoms with Crippen LogP contribution >= 0.6 is 0 Å². The van der Waals surface area contributed by atoms with E-state index in [4.69, 9.17) is 0 Å². The van der Waals surface area contributed by atoms with Crippen molar-refractivity contribution >= 4 is 5.91 Å². The summed E-state index contributed by atoms with van der Waals surface area (Å²) < 4.78 is 3.68. The van der Waals surface area contributed by atoms with Gasteiger partial charge in [-0.1, -0.05) is 12.1 Å². The standard InChI is InChI=1S/C19H23N5O/c1-14-18(15(2)23(3)22-14)9-11-20-19(25)13-16-5-7-17(8-6-16)24-12-4-10-21-24/h4-8,10,12H,9,11,13H2,1-3H3,(H,20,25). The van der Waals surface area contributed by atoms with E-state index in [0.29, 0.717) is 13.0 Å². The molecule has 25 heavy (non-hydrogen) atoms. The molecule has 0 bridgehead atoms. The van der Waals surface area contributed by atoms with Gasteiger partial charge in [-0.2, -0.15) is 10.2 Å². The average molecular weight is 337 g/mol. The minimum Gasteiger partial charge on any atom is -0.355 e. The number of amides is 1. The van der Waals surface area contributed by atoms with Crippen LogP contribution in [0.3, 0.4) is 0 Å². The molecule has 2 heterocycles. The number of rotatable bonds is 6. The van der Waals surface area contributed by atoms with E-state index in [1.165, 1.54) is 5.56 Å². The molecule has 0 saturated carbocycles. The van der Waals surface area contributed by atoms with Gasteiger partial charge < -0.3 is 5.32 Å². The Labute approximate surface area is 147 Å². The van der Waals surface area contributed by atoms with E-state index >= 15 is 0 Å². The zero-order valence-corrected chi connectivity index (χ0v) is 14.9. The molecule has 1 N–H and O–H groups in total. The van der Waals surface area contributed by atoms with E-state index in [-0.39, 0.29) is 5.91 Å². The molecule has 0 aliphatic rings. The SMILES string of the molecule is Cc1nn(C)c(C)c1CCNC(=O)Cc1ccc(-n2cccn2)cc1. The van der Waals surface area contributed by atoms with Crippen molar-refractivity contribution in [1.29, 1.82) is 0 Å². The van der Waals surface area contributed by atoms with Crippen molar-refractivity contribution in [1.82, 2.24) is 24.9 Å². The minimum absolute atomic E-state index is 0.0334. The van der Waals surface area contributed by atoms with Gasteiger partial charge in [-0.15, -0.1) is 0 Å². The lowest BCUT2D eigenvalue weighted by Crippen LogP contribution is -2.27. The molecule has 3 rings (SSSR count). The molecule has 0 aliphatic carbocycles. The minimum atomic E-state index is 0.0334. The van der Waals surface area contributed by atoms with Crippen LogP contribution in [0.4, 0.5) is 0 Å². The molecule has 6 heteroatoms. The van der Waals surface area contributed by atoms with Gasteiger partial charge in [0.25, 0.3) is 0 Å². The molecule has 0 aliphatic heterocycles. The lowest BCUT2D eigenvalue weighted by Gasteiger charge is -2.07. The third-order valence-corrected chi connectivity index (χ3v) is 4.43. The molecule has 130 valence electrons. The highest BCUT2D eigenvalue weighted by molar-refractivity contribution is 5.78. The maximum absolute atomic E-state index is 12.1. The number of benzene rings is 1. The van der Waals surface area contributed by atoms with Crippen molar-refractivity contribution in [2.24, 2.45) is 7.05 Å². The van der Waals surface area contributed by atoms with E-state index < -0.39 is 0 Å². The summed E-state index contributed by atoms with van der Waals surface area (Å²) in [6.45, 7) is 4.68. The monoisotopic (exact) mass is 337 g/mol. The van der Waals surface area contributed by atoms with Crippen molar-refractivity contribution in [3.63, 3.8) is 0 Å². The largest absolute Gasteiger partial charge is 0.355 e. The average Bonchev–Trinajstić information content (AvgIpc) is 3.20. The second-order valence-corrected chi connectivity index (χ2v) is 6.17. The van der Waals surface area contributed by atoms with E-state index in [2.05, 4.69) is 22.4 Å². The van der Waals surface area contributed by atoms with E-state index in [0.717, 1.165) is 29.1 Å². The fraction of sp³-hybridized carbons (Fsp3) is 0.316. The van der Waals surface area contributed by atoms with Crippen LogP contribution in [0.1, 0.15) is 22.5 Å². The molecule has 1 aromatic carbocycles. The van der Waals surface area contributed by atoms with Crippen molar-refractivity contribution in [2.45, 2.75) is 26.7 Å². The summed E-state index contributed by atoms with van der Waals surface area (Å²) in [6, 6.07) is 9.75. The van der Waals surface area contributed by atoms with Crippen LogP contribution in [-0.4, -0.2) is 32.0 Å². The Balaban J connectivity index is 1.51. The third-order valence-electron chi connectivity index (χ3n) is 4.43. The molecule has 0 saturated heterocycles. The normalized spacial score (nSPS) is 10.8. The second-order valence-electron chi connectivity index (χ2n) is 6.17. The van der Waals surface area contributed by atoms with Gasteiger partial charge >= 0.3 is 0 Å². The summed E-state index contributed by atoms with van der Waals surface area (Å²) in [6.07, 6.45) is 4.82. The van der Waals surface area contributed by atoms with Crippen LogP contribution in [0.25, 0.3) is 5.69 Å². The number of hydrogen-bond donors (Lipinski definition) is 1. The Bertz CT molecular complexity index is 847. The number of aryl methyl sites for hydroxylation is 2. The first-order valence-electron chi connectivity index (χ1n) is 8.39. The number of nitrogens with zero attached hydrogens (tertiary/aromatic N) is 4. The van der Waals surface area contributed by atoms with Crippen molar-refractivity contribution < 1.29 is 4.79 Å². The summed E-state index contributed by atoms with van der Waals surface area (Å²) in [5, 5.41) is 11.6. The van der Waals surface area contributed by atoms with Gasteiger partial charge in [0.1, 0.15) is 0 Å². The predicted molar refractivity (Wildman–Crippen MR) is 96.7 cm³/mol. The van der Waals surface area contributed by atoms with Gasteiger partial charge in [-0.25, -0.2) is 4.68 Å². The van der Waals surface area contributed by atoms with Gasteiger partial charge in [-0.3, -0.25) is 9.48 Å². The number of aromatic nitrogens is 4. The topological polar surface area (TPSA) is 64.7 Å². The third kappa shape index (κ3) is 3.96. The van der Waals surface area contributed by atoms with Gasteiger partial charge in [-0.05, 0) is 49.6 Å². The molecule has 0 spiro atoms. The van der Waals surface area contributed by atoms with Crippen molar-refractivity contribution in [2.75, 3.05) is 6.54 Å². The summed E-state index contributed by atoms with van der Waals surface area (Å²) in [4.78, 5) is 12.1. The summed E-state index contributed by atoms with van der Waals surface area (Å²) in [7, 11) is 1.94. The van der Waals surface area contributed by atoms with Crippen LogP contribution < -0.4 is 5.32 Å². The van der Waals surface area contributed by atoms with Crippen molar-refractivity contribution in [3.05, 3.63) is 65.2 Å². The highest BCUT2D eigenvalue weighted by Gasteiger charge is 2.10. The number of carbonyl (C=O) groups is 1. The Kier molecular flexibility index (Phi) is 4.97. The maximum Gasteiger partial charge on any atom is 0.224 e. The number of nitrogens with one attached hydrogen (secondary N) is 1. The van der Waals surface area contributed by atoms with Crippen LogP contribution in [0.2, 0.25) is 0 Å². The Morgan fingerprint density at radius 1 is 1.20 bits per heavy atom. The Morgan fingerprint density at radius 3 is 2.56 bits per heavy atom. The predicted octanol–water partition coefficient (Wildman–Crippen LogP) is 2.12. The van der Waals surface area contributed by atoms with Gasteiger partial charge in [0.2, 0.25) is 5.91 Å². The van der Waals surface area contributed by atoms with E-state index in [1.54, 1.807) is 10.9 Å². The summed E-state index contributed by atoms with van der Waals surface area (Å²) in [5.41, 5.74) is 5.37. The quantitative estimate of drug-likeness (QED) is 0.749. The zero-order valence-electron chi connectivity index (χ0n) is 14.9. The Hall–Kier alpha value is -2.89. The molecule has 1 amide bonds. The molecule has 0 unspecified atom stereocenters. The van der Waals surface area contributed by atoms with Crippen LogP contribution in [0, 0.1) is 13.8 Å².